The van der Waals surface area contributed by atoms with Crippen molar-refractivity contribution in [1.82, 2.24) is 0 Å². The van der Waals surface area contributed by atoms with Crippen molar-refractivity contribution in [3.8, 4) is 5.75 Å². The van der Waals surface area contributed by atoms with Gasteiger partial charge in [-0.1, -0.05) is 0 Å². The second-order valence-electron chi connectivity index (χ2n) is 3.50. The number of phenolic OH excluding ortho intramolecular Hbond substituents is 1. The molecular weight excluding hydrogens is 303 g/mol. The predicted octanol–water partition coefficient (Wildman–Crippen LogP) is 1.56. The molecule has 2 rings (SSSR count). The molecule has 0 aliphatic carbocycles. The van der Waals surface area contributed by atoms with Gasteiger partial charge in [-0.2, -0.15) is 21.6 Å². The maximum Gasteiger partial charge on any atom is 0.522 e. The molecule has 1 aliphatic heterocycles. The fourth-order valence-electron chi connectivity index (χ4n) is 1.11. The summed E-state index contributed by atoms with van der Waals surface area (Å²) in [5.74, 6) is 0.937. The van der Waals surface area contributed by atoms with Crippen molar-refractivity contribution in [2.75, 3.05) is 13.2 Å². The first-order valence-corrected chi connectivity index (χ1v) is 6.55. The van der Waals surface area contributed by atoms with E-state index in [1.165, 1.54) is 0 Å². The normalized spacial score (nSPS) is 14.9. The number of benzene rings is 1. The summed E-state index contributed by atoms with van der Waals surface area (Å²) in [6.07, 6.45) is 0. The third kappa shape index (κ3) is 4.70. The lowest BCUT2D eigenvalue weighted by molar-refractivity contribution is -0.0510. The topological polar surface area (TPSA) is 96.2 Å². The van der Waals surface area contributed by atoms with Crippen molar-refractivity contribution >= 4 is 16.0 Å². The fourth-order valence-corrected chi connectivity index (χ4v) is 1.11. The predicted molar refractivity (Wildman–Crippen MR) is 63.1 cm³/mol. The van der Waals surface area contributed by atoms with Gasteiger partial charge >= 0.3 is 15.6 Å². The minimum atomic E-state index is -5.84. The van der Waals surface area contributed by atoms with Crippen LogP contribution in [-0.2, 0) is 14.9 Å². The third-order valence-corrected chi connectivity index (χ3v) is 2.58. The molecule has 1 aromatic carbocycles. The number of ether oxygens (including phenoxy) is 1. The Morgan fingerprint density at radius 1 is 1.20 bits per heavy atom. The second kappa shape index (κ2) is 6.09. The maximum atomic E-state index is 10.7. The van der Waals surface area contributed by atoms with E-state index in [0.717, 1.165) is 12.1 Å². The minimum absolute atomic E-state index is 0.261. The summed E-state index contributed by atoms with van der Waals surface area (Å²) in [4.78, 5) is 4.15. The van der Waals surface area contributed by atoms with Gasteiger partial charge in [0, 0.05) is 5.56 Å². The van der Waals surface area contributed by atoms with E-state index in [-0.39, 0.29) is 5.75 Å². The summed E-state index contributed by atoms with van der Waals surface area (Å²) < 4.78 is 62.8. The number of aromatic hydroxyl groups is 1. The Kier molecular flexibility index (Phi) is 4.95. The SMILES string of the molecule is O=S(=O)(O)C(F)(F)F.Oc1ccc(C2=NCCO2)cc1. The van der Waals surface area contributed by atoms with Crippen molar-refractivity contribution in [2.24, 2.45) is 4.99 Å². The maximum absolute atomic E-state index is 10.7. The molecule has 2 N–H and O–H groups in total. The zero-order valence-electron chi connectivity index (χ0n) is 9.83. The molecule has 112 valence electrons. The number of nitrogens with zero attached hydrogens (tertiary/aromatic N) is 1. The van der Waals surface area contributed by atoms with E-state index in [0.29, 0.717) is 12.5 Å². The summed E-state index contributed by atoms with van der Waals surface area (Å²) in [5.41, 5.74) is -4.61. The Morgan fingerprint density at radius 3 is 2.05 bits per heavy atom. The largest absolute Gasteiger partial charge is 0.522 e. The highest BCUT2D eigenvalue weighted by molar-refractivity contribution is 7.86. The van der Waals surface area contributed by atoms with Crippen LogP contribution in [0.15, 0.2) is 29.3 Å². The van der Waals surface area contributed by atoms with Crippen LogP contribution in [0.1, 0.15) is 5.56 Å². The number of phenols is 1. The molecule has 20 heavy (non-hydrogen) atoms. The molecule has 1 aromatic rings. The van der Waals surface area contributed by atoms with E-state index in [4.69, 9.17) is 22.8 Å². The van der Waals surface area contributed by atoms with Gasteiger partial charge in [-0.3, -0.25) is 4.55 Å². The summed E-state index contributed by atoms with van der Waals surface area (Å²) in [6, 6.07) is 6.83. The zero-order chi connectivity index (χ0) is 15.4. The van der Waals surface area contributed by atoms with Crippen molar-refractivity contribution < 1.29 is 36.0 Å². The van der Waals surface area contributed by atoms with E-state index >= 15 is 0 Å². The van der Waals surface area contributed by atoms with Crippen LogP contribution in [0.25, 0.3) is 0 Å². The van der Waals surface area contributed by atoms with Gasteiger partial charge in [-0.05, 0) is 24.3 Å². The number of rotatable bonds is 1. The molecule has 10 heteroatoms. The summed E-state index contributed by atoms with van der Waals surface area (Å²) >= 11 is 0. The highest BCUT2D eigenvalue weighted by Crippen LogP contribution is 2.20. The fraction of sp³-hybridized carbons (Fsp3) is 0.300. The number of alkyl halides is 3. The Labute approximate surface area is 112 Å². The monoisotopic (exact) mass is 313 g/mol. The van der Waals surface area contributed by atoms with Crippen LogP contribution in [0.3, 0.4) is 0 Å². The average molecular weight is 313 g/mol. The minimum Gasteiger partial charge on any atom is -0.508 e. The number of hydrogen-bond acceptors (Lipinski definition) is 5. The van der Waals surface area contributed by atoms with Gasteiger partial charge < -0.3 is 9.84 Å². The second-order valence-corrected chi connectivity index (χ2v) is 4.92. The molecule has 1 aliphatic rings. The van der Waals surface area contributed by atoms with E-state index in [2.05, 4.69) is 4.99 Å². The Bertz CT molecular complexity index is 580. The molecule has 0 bridgehead atoms. The molecule has 0 amide bonds. The van der Waals surface area contributed by atoms with Gasteiger partial charge in [0.25, 0.3) is 0 Å². The quantitative estimate of drug-likeness (QED) is 0.606. The standard InChI is InChI=1S/C9H9NO2.CHF3O3S/c11-8-3-1-7(2-4-8)9-10-5-6-12-9;2-1(3,4)8(5,6)7/h1-4,11H,5-6H2;(H,5,6,7). The smallest absolute Gasteiger partial charge is 0.508 e. The number of aliphatic imine (C=N–C) groups is 1. The average Bonchev–Trinajstić information content (AvgIpc) is 2.81. The molecule has 0 radical (unpaired) electrons. The van der Waals surface area contributed by atoms with Crippen LogP contribution < -0.4 is 0 Å². The van der Waals surface area contributed by atoms with Crippen LogP contribution in [0.2, 0.25) is 0 Å². The van der Waals surface area contributed by atoms with Crippen LogP contribution in [-0.4, -0.2) is 42.6 Å². The van der Waals surface area contributed by atoms with E-state index in [9.17, 15) is 13.2 Å². The zero-order valence-corrected chi connectivity index (χ0v) is 10.6. The molecule has 0 saturated heterocycles. The van der Waals surface area contributed by atoms with Gasteiger partial charge in [-0.15, -0.1) is 0 Å². The molecule has 0 saturated carbocycles. The molecule has 0 unspecified atom stereocenters. The molecular formula is C10H10F3NO5S. The highest BCUT2D eigenvalue weighted by Gasteiger charge is 2.44. The lowest BCUT2D eigenvalue weighted by Crippen LogP contribution is -2.21. The first-order chi connectivity index (χ1) is 9.11. The molecule has 0 aromatic heterocycles. The first kappa shape index (κ1) is 16.2. The highest BCUT2D eigenvalue weighted by atomic mass is 32.2. The first-order valence-electron chi connectivity index (χ1n) is 5.11. The van der Waals surface area contributed by atoms with Crippen molar-refractivity contribution in [3.63, 3.8) is 0 Å². The lowest BCUT2D eigenvalue weighted by Gasteiger charge is -2.00. The van der Waals surface area contributed by atoms with Gasteiger partial charge in [0.15, 0.2) is 0 Å². The van der Waals surface area contributed by atoms with E-state index in [1.807, 2.05) is 0 Å². The van der Waals surface area contributed by atoms with E-state index in [1.54, 1.807) is 24.3 Å². The van der Waals surface area contributed by atoms with Crippen molar-refractivity contribution in [3.05, 3.63) is 29.8 Å². The Balaban J connectivity index is 0.000000221. The van der Waals surface area contributed by atoms with Crippen LogP contribution in [0.5, 0.6) is 5.75 Å². The molecule has 1 heterocycles. The third-order valence-electron chi connectivity index (χ3n) is 1.99. The molecule has 6 nitrogen and oxygen atoms in total. The summed E-state index contributed by atoms with van der Waals surface area (Å²) in [7, 11) is -5.84. The molecule has 0 fully saturated rings. The molecule has 0 spiro atoms. The van der Waals surface area contributed by atoms with E-state index < -0.39 is 15.6 Å². The van der Waals surface area contributed by atoms with Gasteiger partial charge in [0.1, 0.15) is 12.4 Å². The van der Waals surface area contributed by atoms with Crippen LogP contribution >= 0.6 is 0 Å². The Hall–Kier alpha value is -1.81. The molecule has 0 atom stereocenters. The van der Waals surface area contributed by atoms with Crippen LogP contribution in [0.4, 0.5) is 13.2 Å². The van der Waals surface area contributed by atoms with Gasteiger partial charge in [0.2, 0.25) is 5.90 Å². The summed E-state index contributed by atoms with van der Waals surface area (Å²) in [6.45, 7) is 1.40. The van der Waals surface area contributed by atoms with Gasteiger partial charge in [0.05, 0.1) is 6.54 Å². The summed E-state index contributed by atoms with van der Waals surface area (Å²) in [5, 5.41) is 9.02. The number of halogens is 3. The van der Waals surface area contributed by atoms with Crippen LogP contribution in [0, 0.1) is 0 Å². The van der Waals surface area contributed by atoms with Gasteiger partial charge in [-0.25, -0.2) is 4.99 Å². The Morgan fingerprint density at radius 2 is 1.70 bits per heavy atom. The van der Waals surface area contributed by atoms with Crippen molar-refractivity contribution in [1.29, 1.82) is 0 Å². The lowest BCUT2D eigenvalue weighted by atomic mass is 10.2. The van der Waals surface area contributed by atoms with Crippen molar-refractivity contribution in [2.45, 2.75) is 5.51 Å². The number of hydrogen-bond donors (Lipinski definition) is 2.